The number of urea groups is 1. The number of benzene rings is 1. The van der Waals surface area contributed by atoms with Crippen LogP contribution in [0.25, 0.3) is 0 Å². The lowest BCUT2D eigenvalue weighted by molar-refractivity contribution is -0.139. The second-order valence-electron chi connectivity index (χ2n) is 5.28. The quantitative estimate of drug-likeness (QED) is 0.858. The molecule has 1 aliphatic heterocycles. The third-order valence-corrected chi connectivity index (χ3v) is 3.80. The molecule has 0 radical (unpaired) electrons. The average molecular weight is 342 g/mol. The van der Waals surface area contributed by atoms with Gasteiger partial charge in [0.05, 0.1) is 23.8 Å². The molecule has 0 spiro atoms. The number of halogens is 3. The highest BCUT2D eigenvalue weighted by molar-refractivity contribution is 5.95. The van der Waals surface area contributed by atoms with E-state index in [4.69, 9.17) is 4.74 Å². The molecule has 1 heterocycles. The van der Waals surface area contributed by atoms with Gasteiger partial charge in [0.2, 0.25) is 0 Å². The molecule has 0 saturated carbocycles. The molecule has 0 aromatic heterocycles. The van der Waals surface area contributed by atoms with E-state index in [9.17, 15) is 22.8 Å². The van der Waals surface area contributed by atoms with Crippen molar-refractivity contribution >= 4 is 12.0 Å². The second kappa shape index (κ2) is 6.54. The summed E-state index contributed by atoms with van der Waals surface area (Å²) >= 11 is 0. The first-order valence-electron chi connectivity index (χ1n) is 7.26. The lowest BCUT2D eigenvalue weighted by Crippen LogP contribution is -2.46. The predicted molar refractivity (Wildman–Crippen MR) is 79.8 cm³/mol. The van der Waals surface area contributed by atoms with Crippen LogP contribution in [0.3, 0.4) is 0 Å². The largest absolute Gasteiger partial charge is 0.463 e. The number of hydrogen-bond acceptors (Lipinski definition) is 3. The van der Waals surface area contributed by atoms with Gasteiger partial charge >= 0.3 is 18.2 Å². The number of rotatable bonds is 3. The molecule has 2 rings (SSSR count). The van der Waals surface area contributed by atoms with Crippen molar-refractivity contribution in [2.45, 2.75) is 26.1 Å². The first kappa shape index (κ1) is 17.8. The zero-order valence-electron chi connectivity index (χ0n) is 13.4. The Morgan fingerprint density at radius 3 is 2.62 bits per heavy atom. The Morgan fingerprint density at radius 2 is 2.04 bits per heavy atom. The van der Waals surface area contributed by atoms with Crippen LogP contribution in [0.5, 0.6) is 0 Å². The van der Waals surface area contributed by atoms with Crippen LogP contribution in [0.15, 0.2) is 35.5 Å². The van der Waals surface area contributed by atoms with Crippen molar-refractivity contribution in [2.75, 3.05) is 13.7 Å². The summed E-state index contributed by atoms with van der Waals surface area (Å²) in [6.07, 6.45) is -4.52. The van der Waals surface area contributed by atoms with Crippen LogP contribution in [0.2, 0.25) is 0 Å². The summed E-state index contributed by atoms with van der Waals surface area (Å²) in [7, 11) is 1.46. The van der Waals surface area contributed by atoms with E-state index in [-0.39, 0.29) is 17.7 Å². The van der Waals surface area contributed by atoms with E-state index in [1.54, 1.807) is 13.8 Å². The van der Waals surface area contributed by atoms with Crippen LogP contribution >= 0.6 is 0 Å². The molecule has 5 nitrogen and oxygen atoms in total. The summed E-state index contributed by atoms with van der Waals surface area (Å²) in [4.78, 5) is 25.5. The molecule has 1 atom stereocenters. The Labute approximate surface area is 137 Å². The number of carbonyl (C=O) groups excluding carboxylic acids is 2. The molecular formula is C16H17F3N2O3. The number of alkyl halides is 3. The van der Waals surface area contributed by atoms with E-state index in [0.29, 0.717) is 5.70 Å². The van der Waals surface area contributed by atoms with Crippen LogP contribution in [-0.4, -0.2) is 30.6 Å². The number of nitrogens with zero attached hydrogens (tertiary/aromatic N) is 1. The van der Waals surface area contributed by atoms with Gasteiger partial charge in [-0.25, -0.2) is 9.59 Å². The van der Waals surface area contributed by atoms with E-state index >= 15 is 0 Å². The molecule has 1 aromatic rings. The number of amides is 2. The van der Waals surface area contributed by atoms with Gasteiger partial charge in [-0.2, -0.15) is 13.2 Å². The second-order valence-corrected chi connectivity index (χ2v) is 5.28. The molecule has 2 amide bonds. The molecule has 0 fully saturated rings. The topological polar surface area (TPSA) is 58.6 Å². The minimum Gasteiger partial charge on any atom is -0.463 e. The highest BCUT2D eigenvalue weighted by Crippen LogP contribution is 2.34. The first-order valence-corrected chi connectivity index (χ1v) is 7.26. The van der Waals surface area contributed by atoms with E-state index in [1.165, 1.54) is 24.1 Å². The Morgan fingerprint density at radius 1 is 1.38 bits per heavy atom. The monoisotopic (exact) mass is 342 g/mol. The summed E-state index contributed by atoms with van der Waals surface area (Å²) in [6.45, 7) is 3.28. The number of nitrogens with one attached hydrogen (secondary N) is 1. The molecule has 0 aliphatic carbocycles. The van der Waals surface area contributed by atoms with E-state index in [1.807, 2.05) is 0 Å². The van der Waals surface area contributed by atoms with Crippen molar-refractivity contribution in [3.8, 4) is 0 Å². The van der Waals surface area contributed by atoms with Crippen molar-refractivity contribution in [3.63, 3.8) is 0 Å². The fourth-order valence-corrected chi connectivity index (χ4v) is 2.45. The minimum absolute atomic E-state index is 0.110. The van der Waals surface area contributed by atoms with Crippen LogP contribution in [0, 0.1) is 0 Å². The average Bonchev–Trinajstić information content (AvgIpc) is 2.51. The van der Waals surface area contributed by atoms with Gasteiger partial charge in [-0.3, -0.25) is 0 Å². The summed E-state index contributed by atoms with van der Waals surface area (Å²) in [6, 6.07) is 3.00. The van der Waals surface area contributed by atoms with Gasteiger partial charge in [0.15, 0.2) is 0 Å². The molecule has 24 heavy (non-hydrogen) atoms. The molecule has 0 saturated heterocycles. The Bertz CT molecular complexity index is 698. The first-order chi connectivity index (χ1) is 11.2. The third kappa shape index (κ3) is 3.37. The van der Waals surface area contributed by atoms with Crippen molar-refractivity contribution in [1.29, 1.82) is 0 Å². The normalized spacial score (nSPS) is 18.5. The number of carbonyl (C=O) groups is 2. The smallest absolute Gasteiger partial charge is 0.416 e. The summed E-state index contributed by atoms with van der Waals surface area (Å²) in [5.74, 6) is -0.677. The fraction of sp³-hybridized carbons (Fsp3) is 0.375. The highest BCUT2D eigenvalue weighted by Gasteiger charge is 2.36. The van der Waals surface area contributed by atoms with Gasteiger partial charge in [0, 0.05) is 12.7 Å². The molecule has 1 N–H and O–H groups in total. The highest BCUT2D eigenvalue weighted by atomic mass is 19.4. The van der Waals surface area contributed by atoms with Crippen LogP contribution in [-0.2, 0) is 15.7 Å². The maximum Gasteiger partial charge on any atom is 0.416 e. The number of hydrogen-bond donors (Lipinski definition) is 1. The zero-order chi connectivity index (χ0) is 18.1. The zero-order valence-corrected chi connectivity index (χ0v) is 13.4. The lowest BCUT2D eigenvalue weighted by atomic mass is 9.94. The van der Waals surface area contributed by atoms with Gasteiger partial charge in [-0.05, 0) is 31.5 Å². The van der Waals surface area contributed by atoms with Gasteiger partial charge < -0.3 is 15.0 Å². The maximum absolute atomic E-state index is 12.9. The molecule has 1 unspecified atom stereocenters. The SMILES string of the molecule is CCOC(=O)C1=C(C)N(C)C(=O)NC1c1cccc(C(F)(F)F)c1. The van der Waals surface area contributed by atoms with Gasteiger partial charge in [0.25, 0.3) is 0 Å². The van der Waals surface area contributed by atoms with Crippen molar-refractivity contribution in [1.82, 2.24) is 10.2 Å². The third-order valence-electron chi connectivity index (χ3n) is 3.80. The maximum atomic E-state index is 12.9. The molecular weight excluding hydrogens is 325 g/mol. The fourth-order valence-electron chi connectivity index (χ4n) is 2.45. The van der Waals surface area contributed by atoms with Crippen LogP contribution in [0.1, 0.15) is 31.0 Å². The summed E-state index contributed by atoms with van der Waals surface area (Å²) < 4.78 is 43.8. The Hall–Kier alpha value is -2.51. The van der Waals surface area contributed by atoms with Crippen molar-refractivity contribution in [2.24, 2.45) is 0 Å². The molecule has 1 aliphatic rings. The standard InChI is InChI=1S/C16H17F3N2O3/c1-4-24-14(22)12-9(2)21(3)15(23)20-13(12)10-6-5-7-11(8-10)16(17,18)19/h5-8,13H,4H2,1-3H3,(H,20,23). The van der Waals surface area contributed by atoms with E-state index in [2.05, 4.69) is 5.32 Å². The minimum atomic E-state index is -4.52. The number of esters is 1. The van der Waals surface area contributed by atoms with Crippen LogP contribution in [0.4, 0.5) is 18.0 Å². The van der Waals surface area contributed by atoms with Gasteiger partial charge in [0.1, 0.15) is 0 Å². The number of ether oxygens (including phenoxy) is 1. The predicted octanol–water partition coefficient (Wildman–Crippen LogP) is 3.24. The molecule has 0 bridgehead atoms. The van der Waals surface area contributed by atoms with Crippen LogP contribution < -0.4 is 5.32 Å². The lowest BCUT2D eigenvalue weighted by Gasteiger charge is -2.33. The summed E-state index contributed by atoms with van der Waals surface area (Å²) in [5.41, 5.74) is -0.249. The Balaban J connectivity index is 2.54. The van der Waals surface area contributed by atoms with Gasteiger partial charge in [-0.1, -0.05) is 12.1 Å². The van der Waals surface area contributed by atoms with E-state index < -0.39 is 29.8 Å². The van der Waals surface area contributed by atoms with Crippen molar-refractivity contribution < 1.29 is 27.5 Å². The number of allylic oxidation sites excluding steroid dienone is 1. The Kier molecular flexibility index (Phi) is 4.86. The molecule has 8 heteroatoms. The van der Waals surface area contributed by atoms with E-state index in [0.717, 1.165) is 12.1 Å². The van der Waals surface area contributed by atoms with Gasteiger partial charge in [-0.15, -0.1) is 0 Å². The summed E-state index contributed by atoms with van der Waals surface area (Å²) in [5, 5.41) is 2.54. The molecule has 130 valence electrons. The molecule has 1 aromatic carbocycles. The van der Waals surface area contributed by atoms with Crippen molar-refractivity contribution in [3.05, 3.63) is 46.7 Å².